The minimum absolute atomic E-state index is 0.354. The van der Waals surface area contributed by atoms with Gasteiger partial charge in [-0.3, -0.25) is 4.84 Å². The highest BCUT2D eigenvalue weighted by Gasteiger charge is 2.23. The molecule has 1 fully saturated rings. The van der Waals surface area contributed by atoms with Crippen LogP contribution in [0.5, 0.6) is 0 Å². The van der Waals surface area contributed by atoms with E-state index in [2.05, 4.69) is 16.0 Å². The Labute approximate surface area is 101 Å². The third kappa shape index (κ3) is 3.44. The van der Waals surface area contributed by atoms with Crippen molar-refractivity contribution in [3.63, 3.8) is 0 Å². The number of hydrazone groups is 1. The molecule has 1 aliphatic rings. The Bertz CT molecular complexity index is 363. The molecule has 2 rings (SSSR count). The van der Waals surface area contributed by atoms with Crippen molar-refractivity contribution in [1.29, 1.82) is 0 Å². The first kappa shape index (κ1) is 11.9. The fourth-order valence-corrected chi connectivity index (χ4v) is 1.52. The van der Waals surface area contributed by atoms with Gasteiger partial charge in [0, 0.05) is 7.05 Å². The number of rotatable bonds is 5. The predicted molar refractivity (Wildman–Crippen MR) is 65.2 cm³/mol. The molecule has 0 amide bonds. The Balaban J connectivity index is 1.72. The molecule has 0 spiro atoms. The molecule has 1 aromatic rings. The molecule has 17 heavy (non-hydrogen) atoms. The highest BCUT2D eigenvalue weighted by Crippen LogP contribution is 2.10. The summed E-state index contributed by atoms with van der Waals surface area (Å²) in [6, 6.07) is 9.94. The molecule has 2 N–H and O–H groups in total. The number of hydrogen-bond acceptors (Lipinski definition) is 4. The molecule has 0 saturated carbocycles. The Morgan fingerprint density at radius 2 is 2.18 bits per heavy atom. The second-order valence-corrected chi connectivity index (χ2v) is 3.85. The van der Waals surface area contributed by atoms with Gasteiger partial charge in [0.1, 0.15) is 12.4 Å². The minimum atomic E-state index is 0.354. The van der Waals surface area contributed by atoms with Crippen LogP contribution in [0.25, 0.3) is 0 Å². The lowest BCUT2D eigenvalue weighted by atomic mass is 10.1. The summed E-state index contributed by atoms with van der Waals surface area (Å²) in [6.45, 7) is 1.93. The van der Waals surface area contributed by atoms with E-state index in [4.69, 9.17) is 9.57 Å². The first-order chi connectivity index (χ1) is 8.40. The van der Waals surface area contributed by atoms with Crippen molar-refractivity contribution >= 4 is 5.84 Å². The van der Waals surface area contributed by atoms with Crippen LogP contribution in [0.3, 0.4) is 0 Å². The summed E-state index contributed by atoms with van der Waals surface area (Å²) in [7, 11) is 1.84. The van der Waals surface area contributed by atoms with E-state index in [-0.39, 0.29) is 0 Å². The van der Waals surface area contributed by atoms with Gasteiger partial charge >= 0.3 is 0 Å². The van der Waals surface area contributed by atoms with Crippen LogP contribution in [0.1, 0.15) is 5.56 Å². The third-order valence-electron chi connectivity index (χ3n) is 2.59. The van der Waals surface area contributed by atoms with Gasteiger partial charge in [-0.1, -0.05) is 30.3 Å². The Morgan fingerprint density at radius 3 is 2.76 bits per heavy atom. The van der Waals surface area contributed by atoms with Gasteiger partial charge in [-0.15, -0.1) is 5.10 Å². The third-order valence-corrected chi connectivity index (χ3v) is 2.59. The molecular formula is C12H17N3O2. The van der Waals surface area contributed by atoms with Crippen LogP contribution in [-0.4, -0.2) is 26.1 Å². The average Bonchev–Trinajstić information content (AvgIpc) is 2.32. The summed E-state index contributed by atoms with van der Waals surface area (Å²) in [5.74, 6) is 1.22. The standard InChI is InChI=1S/C12H17N3O2/c1-13-12(11-8-16-9-11)14-15-17-7-10-5-3-2-4-6-10/h2-6,11,15H,7-9H2,1H3,(H,13,14). The predicted octanol–water partition coefficient (Wildman–Crippen LogP) is 0.887. The molecule has 1 aromatic carbocycles. The summed E-state index contributed by atoms with van der Waals surface area (Å²) in [4.78, 5) is 5.25. The fraction of sp³-hybridized carbons (Fsp3) is 0.417. The first-order valence-electron chi connectivity index (χ1n) is 5.64. The van der Waals surface area contributed by atoms with Crippen molar-refractivity contribution < 1.29 is 9.57 Å². The van der Waals surface area contributed by atoms with Gasteiger partial charge in [0.05, 0.1) is 19.1 Å². The van der Waals surface area contributed by atoms with Gasteiger partial charge < -0.3 is 10.1 Å². The van der Waals surface area contributed by atoms with Crippen LogP contribution in [0.2, 0.25) is 0 Å². The summed E-state index contributed by atoms with van der Waals surface area (Å²) in [6.07, 6.45) is 0. The zero-order valence-corrected chi connectivity index (χ0v) is 9.85. The molecule has 1 saturated heterocycles. The van der Waals surface area contributed by atoms with Gasteiger partial charge in [0.15, 0.2) is 0 Å². The summed E-state index contributed by atoms with van der Waals surface area (Å²) < 4.78 is 5.10. The molecule has 1 aliphatic heterocycles. The zero-order valence-electron chi connectivity index (χ0n) is 9.85. The molecule has 5 heteroatoms. The van der Waals surface area contributed by atoms with Crippen LogP contribution in [0.15, 0.2) is 35.4 Å². The normalized spacial score (nSPS) is 16.4. The van der Waals surface area contributed by atoms with E-state index in [1.807, 2.05) is 37.4 Å². The Hall–Kier alpha value is -1.59. The monoisotopic (exact) mass is 235 g/mol. The maximum atomic E-state index is 5.25. The average molecular weight is 235 g/mol. The van der Waals surface area contributed by atoms with Gasteiger partial charge in [0.25, 0.3) is 0 Å². The van der Waals surface area contributed by atoms with Gasteiger partial charge in [-0.25, -0.2) is 0 Å². The summed E-state index contributed by atoms with van der Waals surface area (Å²) in [5.41, 5.74) is 3.71. The number of hydrogen-bond donors (Lipinski definition) is 2. The SMILES string of the molecule is CN/C(=N\NOCc1ccccc1)C1COC1. The summed E-state index contributed by atoms with van der Waals surface area (Å²) in [5, 5.41) is 7.16. The highest BCUT2D eigenvalue weighted by molar-refractivity contribution is 5.84. The lowest BCUT2D eigenvalue weighted by Crippen LogP contribution is -2.42. The number of ether oxygens (including phenoxy) is 1. The lowest BCUT2D eigenvalue weighted by molar-refractivity contribution is -0.00325. The highest BCUT2D eigenvalue weighted by atomic mass is 16.7. The van der Waals surface area contributed by atoms with Crippen LogP contribution >= 0.6 is 0 Å². The molecule has 0 radical (unpaired) electrons. The second-order valence-electron chi connectivity index (χ2n) is 3.85. The maximum Gasteiger partial charge on any atom is 0.132 e. The van der Waals surface area contributed by atoms with Crippen molar-refractivity contribution in [2.45, 2.75) is 6.61 Å². The van der Waals surface area contributed by atoms with Crippen molar-refractivity contribution in [1.82, 2.24) is 10.9 Å². The van der Waals surface area contributed by atoms with E-state index in [0.29, 0.717) is 12.5 Å². The van der Waals surface area contributed by atoms with E-state index in [0.717, 1.165) is 24.6 Å². The van der Waals surface area contributed by atoms with Crippen LogP contribution in [0.4, 0.5) is 0 Å². The molecule has 0 aliphatic carbocycles. The van der Waals surface area contributed by atoms with E-state index < -0.39 is 0 Å². The maximum absolute atomic E-state index is 5.25. The quantitative estimate of drug-likeness (QED) is 0.344. The molecular weight excluding hydrogens is 218 g/mol. The van der Waals surface area contributed by atoms with E-state index in [1.165, 1.54) is 0 Å². The minimum Gasteiger partial charge on any atom is -0.380 e. The van der Waals surface area contributed by atoms with Crippen molar-refractivity contribution in [3.8, 4) is 0 Å². The Kier molecular flexibility index (Phi) is 4.35. The topological polar surface area (TPSA) is 54.9 Å². The molecule has 5 nitrogen and oxygen atoms in total. The molecule has 92 valence electrons. The second kappa shape index (κ2) is 6.22. The van der Waals surface area contributed by atoms with Crippen LogP contribution in [-0.2, 0) is 16.2 Å². The van der Waals surface area contributed by atoms with Gasteiger partial charge in [-0.2, -0.15) is 5.59 Å². The molecule has 0 aromatic heterocycles. The number of nitrogens with one attached hydrogen (secondary N) is 2. The first-order valence-corrected chi connectivity index (χ1v) is 5.64. The smallest absolute Gasteiger partial charge is 0.132 e. The molecule has 0 atom stereocenters. The van der Waals surface area contributed by atoms with Gasteiger partial charge in [-0.05, 0) is 5.56 Å². The number of nitrogens with zero attached hydrogens (tertiary/aromatic N) is 1. The van der Waals surface area contributed by atoms with Crippen LogP contribution in [0, 0.1) is 5.92 Å². The molecule has 1 heterocycles. The van der Waals surface area contributed by atoms with Crippen LogP contribution < -0.4 is 10.9 Å². The molecule has 0 unspecified atom stereocenters. The lowest BCUT2D eigenvalue weighted by Gasteiger charge is -2.26. The van der Waals surface area contributed by atoms with Crippen molar-refractivity contribution in [3.05, 3.63) is 35.9 Å². The number of benzene rings is 1. The fourth-order valence-electron chi connectivity index (χ4n) is 1.52. The van der Waals surface area contributed by atoms with Crippen molar-refractivity contribution in [2.75, 3.05) is 20.3 Å². The largest absolute Gasteiger partial charge is 0.380 e. The zero-order chi connectivity index (χ0) is 11.9. The number of amidine groups is 1. The van der Waals surface area contributed by atoms with Crippen molar-refractivity contribution in [2.24, 2.45) is 11.0 Å². The van der Waals surface area contributed by atoms with E-state index in [9.17, 15) is 0 Å². The molecule has 0 bridgehead atoms. The van der Waals surface area contributed by atoms with E-state index >= 15 is 0 Å². The van der Waals surface area contributed by atoms with Gasteiger partial charge in [0.2, 0.25) is 0 Å². The van der Waals surface area contributed by atoms with E-state index in [1.54, 1.807) is 0 Å². The summed E-state index contributed by atoms with van der Waals surface area (Å²) >= 11 is 0. The Morgan fingerprint density at radius 1 is 1.41 bits per heavy atom.